The zero-order valence-corrected chi connectivity index (χ0v) is 18.3. The molecule has 1 aliphatic heterocycles. The maximum atomic E-state index is 13.4. The van der Waals surface area contributed by atoms with E-state index in [1.165, 1.54) is 23.5 Å². The SMILES string of the molecule is CC(C)(C)OC(=O)N1CC=C(c2csc3c(-c4ccc(F)cc4)c(C(=O)O)[nH]c23)CC1. The van der Waals surface area contributed by atoms with Gasteiger partial charge < -0.3 is 19.7 Å². The molecule has 8 heteroatoms. The summed E-state index contributed by atoms with van der Waals surface area (Å²) in [5.41, 5.74) is 3.47. The topological polar surface area (TPSA) is 82.6 Å². The summed E-state index contributed by atoms with van der Waals surface area (Å²) in [4.78, 5) is 28.9. The normalized spacial score (nSPS) is 14.6. The van der Waals surface area contributed by atoms with E-state index in [0.717, 1.165) is 21.4 Å². The quantitative estimate of drug-likeness (QED) is 0.540. The number of fused-ring (bicyclic) bond motifs is 1. The zero-order chi connectivity index (χ0) is 22.3. The van der Waals surface area contributed by atoms with Gasteiger partial charge in [-0.3, -0.25) is 0 Å². The van der Waals surface area contributed by atoms with Crippen LogP contribution >= 0.6 is 11.3 Å². The van der Waals surface area contributed by atoms with Crippen molar-refractivity contribution in [2.24, 2.45) is 0 Å². The number of carboxylic acids is 1. The molecule has 1 aromatic carbocycles. The van der Waals surface area contributed by atoms with E-state index in [2.05, 4.69) is 4.98 Å². The van der Waals surface area contributed by atoms with E-state index in [0.29, 0.717) is 30.6 Å². The summed E-state index contributed by atoms with van der Waals surface area (Å²) in [5, 5.41) is 11.7. The highest BCUT2D eigenvalue weighted by Gasteiger charge is 2.26. The number of carbonyl (C=O) groups excluding carboxylic acids is 1. The lowest BCUT2D eigenvalue weighted by Crippen LogP contribution is -2.39. The van der Waals surface area contributed by atoms with E-state index in [4.69, 9.17) is 4.74 Å². The molecule has 0 atom stereocenters. The Morgan fingerprint density at radius 1 is 1.23 bits per heavy atom. The third kappa shape index (κ3) is 4.20. The first-order valence-corrected chi connectivity index (χ1v) is 10.8. The van der Waals surface area contributed by atoms with Crippen LogP contribution in [0, 0.1) is 5.82 Å². The number of benzene rings is 1. The lowest BCUT2D eigenvalue weighted by molar-refractivity contribution is 0.0270. The second kappa shape index (κ2) is 7.85. The zero-order valence-electron chi connectivity index (χ0n) is 17.5. The molecular formula is C23H23FN2O4S. The monoisotopic (exact) mass is 442 g/mol. The van der Waals surface area contributed by atoms with Crippen molar-refractivity contribution >= 4 is 39.2 Å². The molecule has 3 aromatic rings. The summed E-state index contributed by atoms with van der Waals surface area (Å²) in [6.07, 6.45) is 2.27. The van der Waals surface area contributed by atoms with E-state index in [1.54, 1.807) is 17.0 Å². The van der Waals surface area contributed by atoms with Crippen LogP contribution in [0.15, 0.2) is 35.7 Å². The number of hydrogen-bond acceptors (Lipinski definition) is 4. The lowest BCUT2D eigenvalue weighted by Gasteiger charge is -2.29. The maximum Gasteiger partial charge on any atom is 0.410 e. The van der Waals surface area contributed by atoms with Gasteiger partial charge in [-0.25, -0.2) is 14.0 Å². The van der Waals surface area contributed by atoms with Crippen LogP contribution in [0.5, 0.6) is 0 Å². The number of aromatic nitrogens is 1. The van der Waals surface area contributed by atoms with Gasteiger partial charge in [-0.1, -0.05) is 18.2 Å². The predicted octanol–water partition coefficient (Wildman–Crippen LogP) is 5.76. The molecule has 0 unspecified atom stereocenters. The molecule has 0 spiro atoms. The van der Waals surface area contributed by atoms with Crippen LogP contribution in [-0.2, 0) is 4.74 Å². The lowest BCUT2D eigenvalue weighted by atomic mass is 10.0. The van der Waals surface area contributed by atoms with Crippen LogP contribution in [-0.4, -0.2) is 45.7 Å². The molecular weight excluding hydrogens is 419 g/mol. The van der Waals surface area contributed by atoms with Gasteiger partial charge in [0.1, 0.15) is 17.1 Å². The second-order valence-corrected chi connectivity index (χ2v) is 9.33. The number of rotatable bonds is 3. The average molecular weight is 443 g/mol. The van der Waals surface area contributed by atoms with E-state index >= 15 is 0 Å². The van der Waals surface area contributed by atoms with Crippen LogP contribution in [0.25, 0.3) is 26.9 Å². The molecule has 0 saturated heterocycles. The summed E-state index contributed by atoms with van der Waals surface area (Å²) in [6, 6.07) is 5.82. The van der Waals surface area contributed by atoms with Crippen molar-refractivity contribution in [3.63, 3.8) is 0 Å². The van der Waals surface area contributed by atoms with E-state index in [1.807, 2.05) is 32.2 Å². The summed E-state index contributed by atoms with van der Waals surface area (Å²) in [5.74, 6) is -1.44. The molecule has 31 heavy (non-hydrogen) atoms. The first-order valence-electron chi connectivity index (χ1n) is 9.94. The van der Waals surface area contributed by atoms with Crippen LogP contribution < -0.4 is 0 Å². The molecule has 3 heterocycles. The Bertz CT molecular complexity index is 1180. The number of nitrogens with zero attached hydrogens (tertiary/aromatic N) is 1. The summed E-state index contributed by atoms with van der Waals surface area (Å²) < 4.78 is 19.6. The highest BCUT2D eigenvalue weighted by Crippen LogP contribution is 2.41. The number of carbonyl (C=O) groups is 2. The molecule has 0 radical (unpaired) electrons. The van der Waals surface area contributed by atoms with Gasteiger partial charge in [0.2, 0.25) is 0 Å². The Balaban J connectivity index is 1.67. The van der Waals surface area contributed by atoms with Crippen LogP contribution in [0.2, 0.25) is 0 Å². The molecule has 1 aliphatic rings. The Hall–Kier alpha value is -3.13. The highest BCUT2D eigenvalue weighted by atomic mass is 32.1. The molecule has 2 aromatic heterocycles. The first-order chi connectivity index (χ1) is 14.6. The summed E-state index contributed by atoms with van der Waals surface area (Å²) >= 11 is 1.45. The Kier molecular flexibility index (Phi) is 5.35. The summed E-state index contributed by atoms with van der Waals surface area (Å²) in [7, 11) is 0. The third-order valence-electron chi connectivity index (χ3n) is 5.07. The number of ether oxygens (including phenoxy) is 1. The molecule has 0 bridgehead atoms. The highest BCUT2D eigenvalue weighted by molar-refractivity contribution is 7.18. The Morgan fingerprint density at radius 2 is 1.94 bits per heavy atom. The molecule has 1 amide bonds. The van der Waals surface area contributed by atoms with Crippen molar-refractivity contribution in [1.29, 1.82) is 0 Å². The number of nitrogens with one attached hydrogen (secondary N) is 1. The smallest absolute Gasteiger partial charge is 0.410 e. The van der Waals surface area contributed by atoms with E-state index in [9.17, 15) is 19.1 Å². The van der Waals surface area contributed by atoms with Gasteiger partial charge in [0, 0.05) is 29.6 Å². The van der Waals surface area contributed by atoms with Gasteiger partial charge in [-0.05, 0) is 50.5 Å². The van der Waals surface area contributed by atoms with Crippen LogP contribution in [0.3, 0.4) is 0 Å². The largest absolute Gasteiger partial charge is 0.477 e. The molecule has 4 rings (SSSR count). The van der Waals surface area contributed by atoms with Crippen molar-refractivity contribution in [3.8, 4) is 11.1 Å². The van der Waals surface area contributed by atoms with Gasteiger partial charge in [0.15, 0.2) is 0 Å². The fourth-order valence-electron chi connectivity index (χ4n) is 3.66. The molecule has 162 valence electrons. The molecule has 6 nitrogen and oxygen atoms in total. The Morgan fingerprint density at radius 3 is 2.52 bits per heavy atom. The van der Waals surface area contributed by atoms with Gasteiger partial charge >= 0.3 is 12.1 Å². The fraction of sp³-hybridized carbons (Fsp3) is 0.304. The fourth-order valence-corrected chi connectivity index (χ4v) is 4.78. The van der Waals surface area contributed by atoms with E-state index < -0.39 is 11.6 Å². The predicted molar refractivity (Wildman–Crippen MR) is 119 cm³/mol. The number of hydrogen-bond donors (Lipinski definition) is 2. The van der Waals surface area contributed by atoms with E-state index in [-0.39, 0.29) is 17.6 Å². The molecule has 0 fully saturated rings. The number of aromatic carboxylic acids is 1. The number of halogens is 1. The standard InChI is InChI=1S/C23H23FN2O4S/c1-23(2,3)30-22(29)26-10-8-13(9-11-26)16-12-31-20-17(14-4-6-15(24)7-5-14)19(21(27)28)25-18(16)20/h4-8,12,25H,9-11H2,1-3H3,(H,27,28). The van der Waals surface area contributed by atoms with Crippen LogP contribution in [0.4, 0.5) is 9.18 Å². The number of amides is 1. The molecule has 0 aliphatic carbocycles. The van der Waals surface area contributed by atoms with Crippen molar-refractivity contribution in [2.75, 3.05) is 13.1 Å². The minimum Gasteiger partial charge on any atom is -0.477 e. The van der Waals surface area contributed by atoms with Crippen molar-refractivity contribution in [2.45, 2.75) is 32.8 Å². The maximum absolute atomic E-state index is 13.4. The number of H-pyrrole nitrogens is 1. The Labute approximate surface area is 182 Å². The first kappa shape index (κ1) is 21.1. The van der Waals surface area contributed by atoms with Crippen molar-refractivity contribution < 1.29 is 23.8 Å². The minimum absolute atomic E-state index is 0.0847. The number of thiophene rings is 1. The van der Waals surface area contributed by atoms with Gasteiger partial charge in [0.05, 0.1) is 10.2 Å². The number of carboxylic acid groups (broad SMARTS) is 1. The van der Waals surface area contributed by atoms with Crippen molar-refractivity contribution in [3.05, 3.63) is 52.8 Å². The average Bonchev–Trinajstić information content (AvgIpc) is 3.27. The molecule has 0 saturated carbocycles. The summed E-state index contributed by atoms with van der Waals surface area (Å²) in [6.45, 7) is 6.46. The second-order valence-electron chi connectivity index (χ2n) is 8.45. The van der Waals surface area contributed by atoms with Gasteiger partial charge in [-0.15, -0.1) is 11.3 Å². The van der Waals surface area contributed by atoms with Gasteiger partial charge in [0.25, 0.3) is 0 Å². The molecule has 2 N–H and O–H groups in total. The van der Waals surface area contributed by atoms with Gasteiger partial charge in [-0.2, -0.15) is 0 Å². The van der Waals surface area contributed by atoms with Crippen LogP contribution in [0.1, 0.15) is 43.2 Å². The number of aromatic amines is 1. The van der Waals surface area contributed by atoms with Crippen molar-refractivity contribution in [1.82, 2.24) is 9.88 Å². The minimum atomic E-state index is -1.07. The third-order valence-corrected chi connectivity index (χ3v) is 6.07.